The Morgan fingerprint density at radius 1 is 1.03 bits per heavy atom. The largest absolute Gasteiger partial charge is 0.335 e. The van der Waals surface area contributed by atoms with E-state index in [4.69, 9.17) is 0 Å². The normalized spacial score (nSPS) is 15.7. The van der Waals surface area contributed by atoms with Gasteiger partial charge in [0.2, 0.25) is 10.0 Å². The smallest absolute Gasteiger partial charge is 0.274 e. The van der Waals surface area contributed by atoms with Crippen molar-refractivity contribution in [3.05, 3.63) is 59.9 Å². The Kier molecular flexibility index (Phi) is 5.38. The minimum Gasteiger partial charge on any atom is -0.335 e. The van der Waals surface area contributed by atoms with E-state index in [1.165, 1.54) is 4.31 Å². The SMILES string of the molecule is CCCc1cc(C(=O)N2CCN(S(=O)(=O)c3ccc4ccccc4c3)CC2)n[nH]1. The Balaban J connectivity index is 1.45. The van der Waals surface area contributed by atoms with Crippen LogP contribution in [-0.2, 0) is 16.4 Å². The number of aromatic nitrogens is 2. The number of rotatable bonds is 5. The van der Waals surface area contributed by atoms with Crippen molar-refractivity contribution in [2.45, 2.75) is 24.7 Å². The molecule has 4 rings (SSSR count). The summed E-state index contributed by atoms with van der Waals surface area (Å²) < 4.78 is 27.6. The summed E-state index contributed by atoms with van der Waals surface area (Å²) in [7, 11) is -3.60. The van der Waals surface area contributed by atoms with Gasteiger partial charge in [-0.2, -0.15) is 9.40 Å². The van der Waals surface area contributed by atoms with Crippen LogP contribution in [0.2, 0.25) is 0 Å². The van der Waals surface area contributed by atoms with Crippen molar-refractivity contribution < 1.29 is 13.2 Å². The molecule has 2 heterocycles. The lowest BCUT2D eigenvalue weighted by Gasteiger charge is -2.33. The number of piperazine rings is 1. The van der Waals surface area contributed by atoms with Gasteiger partial charge in [-0.3, -0.25) is 9.89 Å². The number of hydrogen-bond donors (Lipinski definition) is 1. The first-order chi connectivity index (χ1) is 14.0. The number of fused-ring (bicyclic) bond motifs is 1. The topological polar surface area (TPSA) is 86.4 Å². The zero-order valence-electron chi connectivity index (χ0n) is 16.3. The van der Waals surface area contributed by atoms with Crippen molar-refractivity contribution in [2.75, 3.05) is 26.2 Å². The number of carbonyl (C=O) groups excluding carboxylic acids is 1. The maximum Gasteiger partial charge on any atom is 0.274 e. The highest BCUT2D eigenvalue weighted by molar-refractivity contribution is 7.89. The Morgan fingerprint density at radius 2 is 1.76 bits per heavy atom. The van der Waals surface area contributed by atoms with Crippen LogP contribution < -0.4 is 0 Å². The lowest BCUT2D eigenvalue weighted by atomic mass is 10.1. The fraction of sp³-hybridized carbons (Fsp3) is 0.333. The lowest BCUT2D eigenvalue weighted by Crippen LogP contribution is -2.50. The molecule has 29 heavy (non-hydrogen) atoms. The average Bonchev–Trinajstić information content (AvgIpc) is 3.22. The molecule has 1 aliphatic heterocycles. The minimum absolute atomic E-state index is 0.161. The van der Waals surface area contributed by atoms with Crippen molar-refractivity contribution in [3.63, 3.8) is 0 Å². The predicted molar refractivity (Wildman–Crippen MR) is 111 cm³/mol. The molecule has 1 saturated heterocycles. The molecule has 1 aromatic heterocycles. The second kappa shape index (κ2) is 7.96. The zero-order chi connectivity index (χ0) is 20.4. The maximum atomic E-state index is 13.1. The Morgan fingerprint density at radius 3 is 2.48 bits per heavy atom. The van der Waals surface area contributed by atoms with Gasteiger partial charge in [-0.05, 0) is 35.4 Å². The highest BCUT2D eigenvalue weighted by Gasteiger charge is 2.31. The predicted octanol–water partition coefficient (Wildman–Crippen LogP) is 2.66. The van der Waals surface area contributed by atoms with E-state index in [1.54, 1.807) is 23.1 Å². The molecule has 0 atom stereocenters. The first-order valence-corrected chi connectivity index (χ1v) is 11.3. The molecule has 7 nitrogen and oxygen atoms in total. The van der Waals surface area contributed by atoms with Gasteiger partial charge in [0, 0.05) is 31.9 Å². The standard InChI is InChI=1S/C21H24N4O3S/c1-2-5-18-15-20(23-22-18)21(26)24-10-12-25(13-11-24)29(27,28)19-9-8-16-6-3-4-7-17(16)14-19/h3-4,6-9,14-15H,2,5,10-13H2,1H3,(H,22,23). The van der Waals surface area contributed by atoms with Crippen molar-refractivity contribution in [2.24, 2.45) is 0 Å². The number of aryl methyl sites for hydroxylation is 1. The number of nitrogens with one attached hydrogen (secondary N) is 1. The molecule has 3 aromatic rings. The van der Waals surface area contributed by atoms with Crippen LogP contribution in [0.15, 0.2) is 53.4 Å². The van der Waals surface area contributed by atoms with Crippen molar-refractivity contribution in [1.82, 2.24) is 19.4 Å². The second-order valence-electron chi connectivity index (χ2n) is 7.23. The van der Waals surface area contributed by atoms with E-state index in [2.05, 4.69) is 17.1 Å². The molecule has 1 N–H and O–H groups in total. The number of hydrogen-bond acceptors (Lipinski definition) is 4. The number of H-pyrrole nitrogens is 1. The monoisotopic (exact) mass is 412 g/mol. The Labute approximate surface area is 170 Å². The van der Waals surface area contributed by atoms with Crippen LogP contribution in [0.1, 0.15) is 29.5 Å². The quantitative estimate of drug-likeness (QED) is 0.698. The average molecular weight is 413 g/mol. The van der Waals surface area contributed by atoms with Gasteiger partial charge in [-0.25, -0.2) is 8.42 Å². The van der Waals surface area contributed by atoms with Gasteiger partial charge >= 0.3 is 0 Å². The number of sulfonamides is 1. The number of carbonyl (C=O) groups is 1. The first kappa shape index (κ1) is 19.6. The van der Waals surface area contributed by atoms with Crippen LogP contribution in [-0.4, -0.2) is 59.9 Å². The first-order valence-electron chi connectivity index (χ1n) is 9.81. The van der Waals surface area contributed by atoms with Crippen LogP contribution in [0.4, 0.5) is 0 Å². The van der Waals surface area contributed by atoms with Crippen molar-refractivity contribution in [1.29, 1.82) is 0 Å². The Hall–Kier alpha value is -2.71. The van der Waals surface area contributed by atoms with E-state index in [-0.39, 0.29) is 23.9 Å². The summed E-state index contributed by atoms with van der Waals surface area (Å²) >= 11 is 0. The van der Waals surface area contributed by atoms with Crippen LogP contribution in [0.25, 0.3) is 10.8 Å². The lowest BCUT2D eigenvalue weighted by molar-refractivity contribution is 0.0692. The fourth-order valence-electron chi connectivity index (χ4n) is 3.64. The number of aromatic amines is 1. The van der Waals surface area contributed by atoms with Crippen LogP contribution >= 0.6 is 0 Å². The van der Waals surface area contributed by atoms with E-state index >= 15 is 0 Å². The molecular weight excluding hydrogens is 388 g/mol. The number of nitrogens with zero attached hydrogens (tertiary/aromatic N) is 3. The third kappa shape index (κ3) is 3.90. The second-order valence-corrected chi connectivity index (χ2v) is 9.17. The minimum atomic E-state index is -3.60. The van der Waals surface area contributed by atoms with Crippen molar-refractivity contribution in [3.8, 4) is 0 Å². The molecule has 1 amide bonds. The zero-order valence-corrected chi connectivity index (χ0v) is 17.2. The number of benzene rings is 2. The maximum absolute atomic E-state index is 13.1. The summed E-state index contributed by atoms with van der Waals surface area (Å²) in [5, 5.41) is 8.89. The summed E-state index contributed by atoms with van der Waals surface area (Å²) in [4.78, 5) is 14.6. The van der Waals surface area contributed by atoms with Gasteiger partial charge in [-0.1, -0.05) is 43.7 Å². The molecule has 0 saturated carbocycles. The molecule has 0 spiro atoms. The van der Waals surface area contributed by atoms with Gasteiger partial charge in [-0.15, -0.1) is 0 Å². The fourth-order valence-corrected chi connectivity index (χ4v) is 5.10. The summed E-state index contributed by atoms with van der Waals surface area (Å²) in [5.74, 6) is -0.161. The third-order valence-electron chi connectivity index (χ3n) is 5.25. The van der Waals surface area contributed by atoms with Crippen LogP contribution in [0, 0.1) is 0 Å². The summed E-state index contributed by atoms with van der Waals surface area (Å²) in [6.45, 7) is 3.31. The molecular formula is C21H24N4O3S. The molecule has 0 radical (unpaired) electrons. The molecule has 0 aliphatic carbocycles. The van der Waals surface area contributed by atoms with Gasteiger partial charge in [0.25, 0.3) is 5.91 Å². The van der Waals surface area contributed by atoms with Gasteiger partial charge < -0.3 is 4.90 Å². The van der Waals surface area contributed by atoms with Crippen LogP contribution in [0.5, 0.6) is 0 Å². The summed E-state index contributed by atoms with van der Waals surface area (Å²) in [6.07, 6.45) is 1.82. The van der Waals surface area contributed by atoms with E-state index in [0.29, 0.717) is 18.8 Å². The van der Waals surface area contributed by atoms with Gasteiger partial charge in [0.1, 0.15) is 5.69 Å². The highest BCUT2D eigenvalue weighted by atomic mass is 32.2. The van der Waals surface area contributed by atoms with Crippen LogP contribution in [0.3, 0.4) is 0 Å². The van der Waals surface area contributed by atoms with E-state index in [0.717, 1.165) is 29.3 Å². The van der Waals surface area contributed by atoms with E-state index < -0.39 is 10.0 Å². The van der Waals surface area contributed by atoms with Crippen molar-refractivity contribution >= 4 is 26.7 Å². The molecule has 1 fully saturated rings. The molecule has 2 aromatic carbocycles. The van der Waals surface area contributed by atoms with E-state index in [1.807, 2.05) is 30.3 Å². The summed E-state index contributed by atoms with van der Waals surface area (Å²) in [6, 6.07) is 14.6. The highest BCUT2D eigenvalue weighted by Crippen LogP contribution is 2.23. The van der Waals surface area contributed by atoms with Gasteiger partial charge in [0.05, 0.1) is 4.90 Å². The van der Waals surface area contributed by atoms with Gasteiger partial charge in [0.15, 0.2) is 0 Å². The molecule has 0 bridgehead atoms. The third-order valence-corrected chi connectivity index (χ3v) is 7.15. The Bertz CT molecular complexity index is 1130. The van der Waals surface area contributed by atoms with E-state index in [9.17, 15) is 13.2 Å². The molecule has 0 unspecified atom stereocenters. The molecule has 8 heteroatoms. The molecule has 1 aliphatic rings. The number of amides is 1. The molecule has 152 valence electrons. The summed E-state index contributed by atoms with van der Waals surface area (Å²) in [5.41, 5.74) is 1.33.